The van der Waals surface area contributed by atoms with Gasteiger partial charge < -0.3 is 15.2 Å². The molecule has 0 unspecified atom stereocenters. The monoisotopic (exact) mass is 221 g/mol. The fourth-order valence-corrected chi connectivity index (χ4v) is 1.86. The summed E-state index contributed by atoms with van der Waals surface area (Å²) >= 11 is 0. The zero-order chi connectivity index (χ0) is 11.5. The number of nitrogens with one attached hydrogen (secondary N) is 2. The average Bonchev–Trinajstić information content (AvgIpc) is 2.51. The molecule has 1 amide bonds. The maximum Gasteiger partial charge on any atom is 0.220 e. The molecule has 0 aromatic carbocycles. The van der Waals surface area contributed by atoms with Gasteiger partial charge in [-0.3, -0.25) is 4.79 Å². The third kappa shape index (κ3) is 2.44. The maximum atomic E-state index is 11.6. The zero-order valence-electron chi connectivity index (χ0n) is 9.92. The molecule has 1 saturated heterocycles. The Morgan fingerprint density at radius 2 is 2.31 bits per heavy atom. The second-order valence-electron chi connectivity index (χ2n) is 4.53. The summed E-state index contributed by atoms with van der Waals surface area (Å²) in [4.78, 5) is 11.6. The van der Waals surface area contributed by atoms with Gasteiger partial charge in [0.25, 0.3) is 0 Å². The molecule has 1 aliphatic heterocycles. The first-order valence-corrected chi connectivity index (χ1v) is 5.75. The van der Waals surface area contributed by atoms with E-state index >= 15 is 0 Å². The summed E-state index contributed by atoms with van der Waals surface area (Å²) in [5.74, 6) is 0.695. The molecule has 1 aromatic heterocycles. The molecule has 2 N–H and O–H groups in total. The van der Waals surface area contributed by atoms with Crippen LogP contribution in [0, 0.1) is 12.8 Å². The Morgan fingerprint density at radius 1 is 1.56 bits per heavy atom. The van der Waals surface area contributed by atoms with Crippen LogP contribution in [0.25, 0.3) is 0 Å². The van der Waals surface area contributed by atoms with Crippen LogP contribution in [-0.2, 0) is 18.4 Å². The molecular weight excluding hydrogens is 202 g/mol. The van der Waals surface area contributed by atoms with E-state index in [9.17, 15) is 4.79 Å². The predicted molar refractivity (Wildman–Crippen MR) is 63.0 cm³/mol. The first kappa shape index (κ1) is 11.2. The van der Waals surface area contributed by atoms with Gasteiger partial charge in [0.2, 0.25) is 5.91 Å². The Kier molecular flexibility index (Phi) is 3.29. The summed E-state index contributed by atoms with van der Waals surface area (Å²) in [5.41, 5.74) is 2.37. The van der Waals surface area contributed by atoms with Gasteiger partial charge >= 0.3 is 0 Å². The molecule has 4 nitrogen and oxygen atoms in total. The highest BCUT2D eigenvalue weighted by atomic mass is 16.1. The Morgan fingerprint density at radius 3 is 2.81 bits per heavy atom. The molecule has 0 aliphatic carbocycles. The Balaban J connectivity index is 1.78. The SMILES string of the molecule is Cc1ccc(CNC(=O)CC2CNC2)n1C. The molecule has 0 saturated carbocycles. The lowest BCUT2D eigenvalue weighted by Gasteiger charge is -2.26. The molecule has 4 heteroatoms. The third-order valence-electron chi connectivity index (χ3n) is 3.28. The molecule has 0 spiro atoms. The van der Waals surface area contributed by atoms with Crippen molar-refractivity contribution in [2.75, 3.05) is 13.1 Å². The van der Waals surface area contributed by atoms with Crippen LogP contribution in [0.1, 0.15) is 17.8 Å². The van der Waals surface area contributed by atoms with E-state index in [0.29, 0.717) is 18.9 Å². The number of aryl methyl sites for hydroxylation is 1. The van der Waals surface area contributed by atoms with E-state index < -0.39 is 0 Å². The van der Waals surface area contributed by atoms with Crippen molar-refractivity contribution in [2.24, 2.45) is 13.0 Å². The van der Waals surface area contributed by atoms with Crippen molar-refractivity contribution in [3.63, 3.8) is 0 Å². The number of nitrogens with zero attached hydrogens (tertiary/aromatic N) is 1. The second kappa shape index (κ2) is 4.70. The molecule has 0 atom stereocenters. The van der Waals surface area contributed by atoms with E-state index in [-0.39, 0.29) is 5.91 Å². The van der Waals surface area contributed by atoms with Crippen molar-refractivity contribution in [1.29, 1.82) is 0 Å². The van der Waals surface area contributed by atoms with Gasteiger partial charge in [0.15, 0.2) is 0 Å². The van der Waals surface area contributed by atoms with Crippen LogP contribution < -0.4 is 10.6 Å². The molecule has 2 heterocycles. The normalized spacial score (nSPS) is 15.9. The van der Waals surface area contributed by atoms with Crippen molar-refractivity contribution >= 4 is 5.91 Å². The topological polar surface area (TPSA) is 46.1 Å². The molecule has 16 heavy (non-hydrogen) atoms. The molecule has 1 aromatic rings. The highest BCUT2D eigenvalue weighted by Crippen LogP contribution is 2.09. The van der Waals surface area contributed by atoms with Crippen LogP contribution in [0.2, 0.25) is 0 Å². The Labute approximate surface area is 96.0 Å². The minimum atomic E-state index is 0.158. The summed E-state index contributed by atoms with van der Waals surface area (Å²) in [6.07, 6.45) is 0.649. The number of carbonyl (C=O) groups is 1. The van der Waals surface area contributed by atoms with Crippen LogP contribution in [-0.4, -0.2) is 23.6 Å². The third-order valence-corrected chi connectivity index (χ3v) is 3.28. The van der Waals surface area contributed by atoms with E-state index in [0.717, 1.165) is 18.8 Å². The summed E-state index contributed by atoms with van der Waals surface area (Å²) in [6, 6.07) is 4.12. The van der Waals surface area contributed by atoms with Crippen molar-refractivity contribution in [3.8, 4) is 0 Å². The van der Waals surface area contributed by atoms with Gasteiger partial charge in [-0.25, -0.2) is 0 Å². The maximum absolute atomic E-state index is 11.6. The summed E-state index contributed by atoms with van der Waals surface area (Å²) in [5, 5.41) is 6.13. The fourth-order valence-electron chi connectivity index (χ4n) is 1.86. The number of aromatic nitrogens is 1. The van der Waals surface area contributed by atoms with E-state index in [4.69, 9.17) is 0 Å². The number of carbonyl (C=O) groups excluding carboxylic acids is 1. The van der Waals surface area contributed by atoms with Crippen molar-refractivity contribution in [2.45, 2.75) is 19.9 Å². The average molecular weight is 221 g/mol. The van der Waals surface area contributed by atoms with Crippen LogP contribution in [0.15, 0.2) is 12.1 Å². The van der Waals surface area contributed by atoms with Crippen LogP contribution in [0.4, 0.5) is 0 Å². The van der Waals surface area contributed by atoms with Crippen LogP contribution in [0.3, 0.4) is 0 Å². The first-order chi connectivity index (χ1) is 7.66. The van der Waals surface area contributed by atoms with Crippen molar-refractivity contribution < 1.29 is 4.79 Å². The lowest BCUT2D eigenvalue weighted by molar-refractivity contribution is -0.122. The van der Waals surface area contributed by atoms with E-state index in [1.54, 1.807) is 0 Å². The zero-order valence-corrected chi connectivity index (χ0v) is 9.92. The van der Waals surface area contributed by atoms with E-state index in [1.165, 1.54) is 5.69 Å². The first-order valence-electron chi connectivity index (χ1n) is 5.75. The smallest absolute Gasteiger partial charge is 0.220 e. The van der Waals surface area contributed by atoms with Crippen LogP contribution >= 0.6 is 0 Å². The van der Waals surface area contributed by atoms with Crippen molar-refractivity contribution in [1.82, 2.24) is 15.2 Å². The minimum absolute atomic E-state index is 0.158. The van der Waals surface area contributed by atoms with E-state index in [2.05, 4.69) is 34.3 Å². The van der Waals surface area contributed by atoms with Gasteiger partial charge in [-0.05, 0) is 38.1 Å². The largest absolute Gasteiger partial charge is 0.351 e. The number of amides is 1. The molecule has 0 radical (unpaired) electrons. The molecular formula is C12H19N3O. The molecule has 88 valence electrons. The number of hydrogen-bond donors (Lipinski definition) is 2. The Bertz CT molecular complexity index is 380. The molecule has 1 aliphatic rings. The molecule has 1 fully saturated rings. The summed E-state index contributed by atoms with van der Waals surface area (Å²) < 4.78 is 2.10. The fraction of sp³-hybridized carbons (Fsp3) is 0.583. The lowest BCUT2D eigenvalue weighted by atomic mass is 9.99. The summed E-state index contributed by atoms with van der Waals surface area (Å²) in [7, 11) is 2.02. The minimum Gasteiger partial charge on any atom is -0.351 e. The van der Waals surface area contributed by atoms with Gasteiger partial charge in [-0.2, -0.15) is 0 Å². The van der Waals surface area contributed by atoms with Gasteiger partial charge in [0.1, 0.15) is 0 Å². The van der Waals surface area contributed by atoms with Gasteiger partial charge in [0.05, 0.1) is 6.54 Å². The predicted octanol–water partition coefficient (Wildman–Crippen LogP) is 0.559. The number of rotatable bonds is 4. The van der Waals surface area contributed by atoms with Crippen LogP contribution in [0.5, 0.6) is 0 Å². The highest BCUT2D eigenvalue weighted by molar-refractivity contribution is 5.76. The van der Waals surface area contributed by atoms with Gasteiger partial charge in [-0.1, -0.05) is 0 Å². The standard InChI is InChI=1S/C12H19N3O/c1-9-3-4-11(15(9)2)8-14-12(16)5-10-6-13-7-10/h3-4,10,13H,5-8H2,1-2H3,(H,14,16). The van der Waals surface area contributed by atoms with Crippen molar-refractivity contribution in [3.05, 3.63) is 23.5 Å². The molecule has 0 bridgehead atoms. The second-order valence-corrected chi connectivity index (χ2v) is 4.53. The highest BCUT2D eigenvalue weighted by Gasteiger charge is 2.19. The van der Waals surface area contributed by atoms with Gasteiger partial charge in [-0.15, -0.1) is 0 Å². The quantitative estimate of drug-likeness (QED) is 0.780. The molecule has 2 rings (SSSR count). The Hall–Kier alpha value is -1.29. The van der Waals surface area contributed by atoms with E-state index in [1.807, 2.05) is 7.05 Å². The summed E-state index contributed by atoms with van der Waals surface area (Å²) in [6.45, 7) is 4.65. The van der Waals surface area contributed by atoms with Gasteiger partial charge in [0, 0.05) is 24.9 Å². The lowest BCUT2D eigenvalue weighted by Crippen LogP contribution is -2.44. The number of hydrogen-bond acceptors (Lipinski definition) is 2.